The molecule has 0 aliphatic carbocycles. The van der Waals surface area contributed by atoms with Crippen LogP contribution in [-0.4, -0.2) is 29.8 Å². The van der Waals surface area contributed by atoms with E-state index in [1.54, 1.807) is 38.1 Å². The van der Waals surface area contributed by atoms with Crippen LogP contribution in [0.3, 0.4) is 0 Å². The molecule has 0 aliphatic heterocycles. The lowest BCUT2D eigenvalue weighted by atomic mass is 9.87. The van der Waals surface area contributed by atoms with E-state index in [4.69, 9.17) is 10.00 Å². The van der Waals surface area contributed by atoms with Crippen LogP contribution in [0.1, 0.15) is 39.7 Å². The number of nitriles is 1. The summed E-state index contributed by atoms with van der Waals surface area (Å²) in [7, 11) is 0. The number of aliphatic hydroxyl groups excluding tert-OH is 1. The highest BCUT2D eigenvalue weighted by Gasteiger charge is 2.23. The largest absolute Gasteiger partial charge is 0.481 e. The van der Waals surface area contributed by atoms with Gasteiger partial charge in [-0.05, 0) is 43.9 Å². The number of carbonyl (C=O) groups is 1. The molecule has 2 unspecified atom stereocenters. The van der Waals surface area contributed by atoms with Crippen LogP contribution in [0.4, 0.5) is 0 Å². The van der Waals surface area contributed by atoms with Gasteiger partial charge in [0.2, 0.25) is 0 Å². The molecule has 2 N–H and O–H groups in total. The first-order valence-corrected chi connectivity index (χ1v) is 7.36. The molecule has 5 heteroatoms. The van der Waals surface area contributed by atoms with Gasteiger partial charge >= 0.3 is 0 Å². The van der Waals surface area contributed by atoms with E-state index in [0.29, 0.717) is 24.3 Å². The molecule has 1 aromatic carbocycles. The van der Waals surface area contributed by atoms with E-state index in [1.807, 2.05) is 19.9 Å². The van der Waals surface area contributed by atoms with Gasteiger partial charge in [0.1, 0.15) is 5.75 Å². The predicted molar refractivity (Wildman–Crippen MR) is 84.3 cm³/mol. The van der Waals surface area contributed by atoms with Gasteiger partial charge in [-0.2, -0.15) is 5.26 Å². The van der Waals surface area contributed by atoms with Crippen molar-refractivity contribution in [2.45, 2.75) is 46.3 Å². The molecule has 0 saturated carbocycles. The molecule has 1 amide bonds. The number of nitrogens with zero attached hydrogens (tertiary/aromatic N) is 1. The molecular weight excluding hydrogens is 280 g/mol. The molecule has 0 bridgehead atoms. The maximum absolute atomic E-state index is 12.1. The molecule has 2 atom stereocenters. The first-order valence-electron chi connectivity index (χ1n) is 7.36. The average molecular weight is 304 g/mol. The Kier molecular flexibility index (Phi) is 6.39. The smallest absolute Gasteiger partial charge is 0.260 e. The summed E-state index contributed by atoms with van der Waals surface area (Å²) in [5, 5.41) is 21.1. The van der Waals surface area contributed by atoms with E-state index >= 15 is 0 Å². The van der Waals surface area contributed by atoms with Crippen molar-refractivity contribution in [3.8, 4) is 11.8 Å². The van der Waals surface area contributed by atoms with E-state index < -0.39 is 12.2 Å². The molecular formula is C17H24N2O3. The number of nitrogens with one attached hydrogen (secondary N) is 1. The number of hydrogen-bond donors (Lipinski definition) is 2. The number of amides is 1. The summed E-state index contributed by atoms with van der Waals surface area (Å²) in [4.78, 5) is 12.1. The molecule has 0 spiro atoms. The Morgan fingerprint density at radius 1 is 1.45 bits per heavy atom. The standard InChI is InChI=1S/C17H24N2O3/c1-12(20)9-17(3,4)11-19-16(21)13(2)22-15-7-5-6-14(8-15)10-18/h5-8,12-13,20H,9,11H2,1-4H3,(H,19,21). The van der Waals surface area contributed by atoms with E-state index in [-0.39, 0.29) is 11.3 Å². The summed E-state index contributed by atoms with van der Waals surface area (Å²) in [5.41, 5.74) is 0.299. The minimum atomic E-state index is -0.656. The van der Waals surface area contributed by atoms with Gasteiger partial charge in [-0.1, -0.05) is 19.9 Å². The third-order valence-corrected chi connectivity index (χ3v) is 3.23. The summed E-state index contributed by atoms with van der Waals surface area (Å²) >= 11 is 0. The van der Waals surface area contributed by atoms with Crippen molar-refractivity contribution in [2.24, 2.45) is 5.41 Å². The molecule has 22 heavy (non-hydrogen) atoms. The quantitative estimate of drug-likeness (QED) is 0.809. The first kappa shape index (κ1) is 18.0. The van der Waals surface area contributed by atoms with Crippen molar-refractivity contribution in [3.05, 3.63) is 29.8 Å². The van der Waals surface area contributed by atoms with E-state index in [2.05, 4.69) is 5.32 Å². The van der Waals surface area contributed by atoms with Crippen molar-refractivity contribution in [1.82, 2.24) is 5.32 Å². The second-order valence-electron chi connectivity index (χ2n) is 6.33. The fraction of sp³-hybridized carbons (Fsp3) is 0.529. The highest BCUT2D eigenvalue weighted by molar-refractivity contribution is 5.80. The third kappa shape index (κ3) is 6.15. The normalized spacial score (nSPS) is 13.8. The average Bonchev–Trinajstić information content (AvgIpc) is 2.43. The highest BCUT2D eigenvalue weighted by Crippen LogP contribution is 2.21. The number of aliphatic hydroxyl groups is 1. The monoisotopic (exact) mass is 304 g/mol. The number of rotatable bonds is 7. The van der Waals surface area contributed by atoms with Gasteiger partial charge in [0.15, 0.2) is 6.10 Å². The fourth-order valence-electron chi connectivity index (χ4n) is 2.24. The zero-order chi connectivity index (χ0) is 16.8. The highest BCUT2D eigenvalue weighted by atomic mass is 16.5. The topological polar surface area (TPSA) is 82.3 Å². The van der Waals surface area contributed by atoms with Gasteiger partial charge in [0.25, 0.3) is 5.91 Å². The zero-order valence-electron chi connectivity index (χ0n) is 13.6. The molecule has 0 aliphatic rings. The molecule has 0 radical (unpaired) electrons. The second-order valence-corrected chi connectivity index (χ2v) is 6.33. The number of ether oxygens (including phenoxy) is 1. The Morgan fingerprint density at radius 3 is 2.73 bits per heavy atom. The van der Waals surface area contributed by atoms with Crippen LogP contribution in [0, 0.1) is 16.7 Å². The lowest BCUT2D eigenvalue weighted by Crippen LogP contribution is -2.41. The van der Waals surface area contributed by atoms with Gasteiger partial charge in [0, 0.05) is 6.54 Å². The molecule has 0 fully saturated rings. The van der Waals surface area contributed by atoms with Gasteiger partial charge in [-0.15, -0.1) is 0 Å². The van der Waals surface area contributed by atoms with Crippen LogP contribution in [0.5, 0.6) is 5.75 Å². The Bertz CT molecular complexity index is 547. The Morgan fingerprint density at radius 2 is 2.14 bits per heavy atom. The minimum absolute atomic E-state index is 0.190. The van der Waals surface area contributed by atoms with Crippen LogP contribution in [-0.2, 0) is 4.79 Å². The summed E-state index contributed by atoms with van der Waals surface area (Å²) in [6.07, 6.45) is -0.460. The Hall–Kier alpha value is -2.06. The molecule has 0 heterocycles. The number of benzene rings is 1. The van der Waals surface area contributed by atoms with Gasteiger partial charge in [0.05, 0.1) is 17.7 Å². The molecule has 1 aromatic rings. The van der Waals surface area contributed by atoms with Crippen LogP contribution in [0.2, 0.25) is 0 Å². The summed E-state index contributed by atoms with van der Waals surface area (Å²) in [5.74, 6) is 0.269. The van der Waals surface area contributed by atoms with Gasteiger partial charge in [-0.25, -0.2) is 0 Å². The fourth-order valence-corrected chi connectivity index (χ4v) is 2.24. The van der Waals surface area contributed by atoms with E-state index in [1.165, 1.54) is 0 Å². The molecule has 1 rings (SSSR count). The van der Waals surface area contributed by atoms with Gasteiger partial charge in [-0.3, -0.25) is 4.79 Å². The SMILES string of the molecule is CC(O)CC(C)(C)CNC(=O)C(C)Oc1cccc(C#N)c1. The van der Waals surface area contributed by atoms with Crippen molar-refractivity contribution in [1.29, 1.82) is 5.26 Å². The maximum Gasteiger partial charge on any atom is 0.260 e. The third-order valence-electron chi connectivity index (χ3n) is 3.23. The van der Waals surface area contributed by atoms with Crippen molar-refractivity contribution >= 4 is 5.91 Å². The van der Waals surface area contributed by atoms with Crippen LogP contribution in [0.15, 0.2) is 24.3 Å². The number of carbonyl (C=O) groups excluding carboxylic acids is 1. The van der Waals surface area contributed by atoms with Crippen LogP contribution in [0.25, 0.3) is 0 Å². The predicted octanol–water partition coefficient (Wildman–Crippen LogP) is 2.24. The lowest BCUT2D eigenvalue weighted by molar-refractivity contribution is -0.127. The Labute approximate surface area is 131 Å². The van der Waals surface area contributed by atoms with E-state index in [9.17, 15) is 9.90 Å². The molecule has 120 valence electrons. The van der Waals surface area contributed by atoms with E-state index in [0.717, 1.165) is 0 Å². The molecule has 0 saturated heterocycles. The summed E-state index contributed by atoms with van der Waals surface area (Å²) in [6.45, 7) is 7.83. The minimum Gasteiger partial charge on any atom is -0.481 e. The second kappa shape index (κ2) is 7.81. The maximum atomic E-state index is 12.1. The molecule has 5 nitrogen and oxygen atoms in total. The summed E-state index contributed by atoms with van der Waals surface area (Å²) < 4.78 is 5.55. The van der Waals surface area contributed by atoms with Gasteiger partial charge < -0.3 is 15.2 Å². The molecule has 0 aromatic heterocycles. The zero-order valence-corrected chi connectivity index (χ0v) is 13.6. The van der Waals surface area contributed by atoms with Crippen LogP contribution >= 0.6 is 0 Å². The van der Waals surface area contributed by atoms with Crippen molar-refractivity contribution in [3.63, 3.8) is 0 Å². The van der Waals surface area contributed by atoms with Crippen molar-refractivity contribution < 1.29 is 14.6 Å². The first-order chi connectivity index (χ1) is 10.2. The lowest BCUT2D eigenvalue weighted by Gasteiger charge is -2.27. The number of hydrogen-bond acceptors (Lipinski definition) is 4. The Balaban J connectivity index is 2.53. The van der Waals surface area contributed by atoms with Crippen LogP contribution < -0.4 is 10.1 Å². The van der Waals surface area contributed by atoms with Crippen molar-refractivity contribution in [2.75, 3.05) is 6.54 Å². The summed E-state index contributed by atoms with van der Waals surface area (Å²) in [6, 6.07) is 8.73.